The molecular formula is C13H9BrINO2. The fraction of sp³-hybridized carbons (Fsp3) is 0.0769. The van der Waals surface area contributed by atoms with Crippen LogP contribution in [0.3, 0.4) is 0 Å². The average molecular weight is 418 g/mol. The molecule has 0 aliphatic heterocycles. The van der Waals surface area contributed by atoms with E-state index in [2.05, 4.69) is 43.5 Å². The molecule has 1 heterocycles. The monoisotopic (exact) mass is 417 g/mol. The SMILES string of the molecule is O=Cc1cc(Br)c(OCc2cccnc2)c(I)c1. The zero-order chi connectivity index (χ0) is 13.0. The maximum Gasteiger partial charge on any atom is 0.150 e. The number of benzene rings is 1. The summed E-state index contributed by atoms with van der Waals surface area (Å²) in [5.74, 6) is 0.741. The Morgan fingerprint density at radius 2 is 2.28 bits per heavy atom. The van der Waals surface area contributed by atoms with Gasteiger partial charge in [0.25, 0.3) is 0 Å². The Morgan fingerprint density at radius 3 is 2.89 bits per heavy atom. The molecule has 0 spiro atoms. The molecule has 2 rings (SSSR count). The van der Waals surface area contributed by atoms with Gasteiger partial charge in [-0.1, -0.05) is 6.07 Å². The largest absolute Gasteiger partial charge is 0.487 e. The van der Waals surface area contributed by atoms with Crippen LogP contribution in [0.4, 0.5) is 0 Å². The fourth-order valence-electron chi connectivity index (χ4n) is 1.42. The minimum Gasteiger partial charge on any atom is -0.487 e. The summed E-state index contributed by atoms with van der Waals surface area (Å²) in [5, 5.41) is 0. The van der Waals surface area contributed by atoms with E-state index in [-0.39, 0.29) is 0 Å². The van der Waals surface area contributed by atoms with Crippen LogP contribution in [0.25, 0.3) is 0 Å². The van der Waals surface area contributed by atoms with E-state index in [0.29, 0.717) is 12.2 Å². The zero-order valence-electron chi connectivity index (χ0n) is 9.27. The lowest BCUT2D eigenvalue weighted by molar-refractivity contribution is 0.112. The number of nitrogens with zero attached hydrogens (tertiary/aromatic N) is 1. The Hall–Kier alpha value is -0.950. The molecule has 0 fully saturated rings. The van der Waals surface area contributed by atoms with Crippen molar-refractivity contribution in [2.75, 3.05) is 0 Å². The maximum atomic E-state index is 10.7. The first kappa shape index (κ1) is 13.5. The van der Waals surface area contributed by atoms with Gasteiger partial charge in [0.05, 0.1) is 8.04 Å². The molecule has 0 atom stereocenters. The third-order valence-corrected chi connectivity index (χ3v) is 3.65. The summed E-state index contributed by atoms with van der Waals surface area (Å²) in [4.78, 5) is 14.8. The Kier molecular flexibility index (Phi) is 4.71. The molecule has 5 heteroatoms. The summed E-state index contributed by atoms with van der Waals surface area (Å²) in [6.45, 7) is 0.447. The average Bonchev–Trinajstić information content (AvgIpc) is 2.38. The molecule has 0 unspecified atom stereocenters. The number of hydrogen-bond donors (Lipinski definition) is 0. The van der Waals surface area contributed by atoms with Crippen LogP contribution in [0.1, 0.15) is 15.9 Å². The van der Waals surface area contributed by atoms with Gasteiger partial charge in [0.1, 0.15) is 18.6 Å². The molecule has 2 aromatic rings. The topological polar surface area (TPSA) is 39.2 Å². The molecule has 1 aromatic carbocycles. The van der Waals surface area contributed by atoms with Crippen LogP contribution in [0.2, 0.25) is 0 Å². The van der Waals surface area contributed by atoms with Gasteiger partial charge < -0.3 is 4.74 Å². The van der Waals surface area contributed by atoms with Gasteiger partial charge in [-0.3, -0.25) is 9.78 Å². The molecular weight excluding hydrogens is 409 g/mol. The first-order chi connectivity index (χ1) is 8.70. The summed E-state index contributed by atoms with van der Waals surface area (Å²) >= 11 is 5.56. The Balaban J connectivity index is 2.17. The van der Waals surface area contributed by atoms with E-state index in [0.717, 1.165) is 25.6 Å². The van der Waals surface area contributed by atoms with Gasteiger partial charge in [0.2, 0.25) is 0 Å². The highest BCUT2D eigenvalue weighted by Gasteiger charge is 2.09. The number of hydrogen-bond acceptors (Lipinski definition) is 3. The third kappa shape index (κ3) is 3.29. The third-order valence-electron chi connectivity index (χ3n) is 2.26. The van der Waals surface area contributed by atoms with Crippen molar-refractivity contribution in [3.05, 3.63) is 55.8 Å². The van der Waals surface area contributed by atoms with Crippen molar-refractivity contribution >= 4 is 44.8 Å². The summed E-state index contributed by atoms with van der Waals surface area (Å²) in [7, 11) is 0. The Morgan fingerprint density at radius 1 is 1.44 bits per heavy atom. The first-order valence-electron chi connectivity index (χ1n) is 5.16. The number of carbonyl (C=O) groups excluding carboxylic acids is 1. The fourth-order valence-corrected chi connectivity index (χ4v) is 3.19. The molecule has 3 nitrogen and oxygen atoms in total. The number of halogens is 2. The van der Waals surface area contributed by atoms with Gasteiger partial charge in [-0.25, -0.2) is 0 Å². The van der Waals surface area contributed by atoms with Gasteiger partial charge in [0.15, 0.2) is 0 Å². The minimum absolute atomic E-state index is 0.447. The van der Waals surface area contributed by atoms with Crippen molar-refractivity contribution < 1.29 is 9.53 Å². The first-order valence-corrected chi connectivity index (χ1v) is 7.04. The standard InChI is InChI=1S/C13H9BrINO2/c14-11-4-10(7-17)5-12(15)13(11)18-8-9-2-1-3-16-6-9/h1-7H,8H2. The molecule has 0 N–H and O–H groups in total. The molecule has 0 radical (unpaired) electrons. The lowest BCUT2D eigenvalue weighted by Gasteiger charge is -2.10. The summed E-state index contributed by atoms with van der Waals surface area (Å²) < 4.78 is 7.42. The zero-order valence-corrected chi connectivity index (χ0v) is 13.0. The van der Waals surface area contributed by atoms with E-state index in [9.17, 15) is 4.79 Å². The van der Waals surface area contributed by atoms with Gasteiger partial charge in [0, 0.05) is 23.5 Å². The summed E-state index contributed by atoms with van der Waals surface area (Å²) in [6, 6.07) is 7.35. The second kappa shape index (κ2) is 6.29. The molecule has 1 aromatic heterocycles. The van der Waals surface area contributed by atoms with Gasteiger partial charge in [-0.05, 0) is 56.7 Å². The number of aromatic nitrogens is 1. The van der Waals surface area contributed by atoms with Crippen LogP contribution in [0.5, 0.6) is 5.75 Å². The Bertz CT molecular complexity index is 537. The van der Waals surface area contributed by atoms with Crippen LogP contribution < -0.4 is 4.74 Å². The van der Waals surface area contributed by atoms with Crippen LogP contribution in [0.15, 0.2) is 41.1 Å². The summed E-state index contributed by atoms with van der Waals surface area (Å²) in [6.07, 6.45) is 4.31. The lowest BCUT2D eigenvalue weighted by Crippen LogP contribution is -1.99. The second-order valence-electron chi connectivity index (χ2n) is 3.58. The van der Waals surface area contributed by atoms with E-state index in [4.69, 9.17) is 4.74 Å². The molecule has 0 amide bonds. The van der Waals surface area contributed by atoms with Gasteiger partial charge >= 0.3 is 0 Å². The van der Waals surface area contributed by atoms with Crippen molar-refractivity contribution in [1.82, 2.24) is 4.98 Å². The molecule has 0 aliphatic carbocycles. The van der Waals surface area contributed by atoms with E-state index in [1.54, 1.807) is 24.5 Å². The van der Waals surface area contributed by atoms with Crippen molar-refractivity contribution in [1.29, 1.82) is 0 Å². The number of aldehydes is 1. The van der Waals surface area contributed by atoms with Gasteiger partial charge in [-0.2, -0.15) is 0 Å². The highest BCUT2D eigenvalue weighted by atomic mass is 127. The molecule has 18 heavy (non-hydrogen) atoms. The normalized spacial score (nSPS) is 10.1. The van der Waals surface area contributed by atoms with Gasteiger partial charge in [-0.15, -0.1) is 0 Å². The highest BCUT2D eigenvalue weighted by Crippen LogP contribution is 2.32. The molecule has 92 valence electrons. The van der Waals surface area contributed by atoms with Crippen molar-refractivity contribution in [3.8, 4) is 5.75 Å². The lowest BCUT2D eigenvalue weighted by atomic mass is 10.2. The maximum absolute atomic E-state index is 10.7. The second-order valence-corrected chi connectivity index (χ2v) is 5.60. The highest BCUT2D eigenvalue weighted by molar-refractivity contribution is 14.1. The predicted molar refractivity (Wildman–Crippen MR) is 80.8 cm³/mol. The number of carbonyl (C=O) groups is 1. The Labute approximate surface area is 127 Å². The van der Waals surface area contributed by atoms with Crippen molar-refractivity contribution in [2.45, 2.75) is 6.61 Å². The van der Waals surface area contributed by atoms with E-state index < -0.39 is 0 Å². The van der Waals surface area contributed by atoms with Crippen molar-refractivity contribution in [3.63, 3.8) is 0 Å². The number of ether oxygens (including phenoxy) is 1. The van der Waals surface area contributed by atoms with E-state index >= 15 is 0 Å². The van der Waals surface area contributed by atoms with Crippen molar-refractivity contribution in [2.24, 2.45) is 0 Å². The quantitative estimate of drug-likeness (QED) is 0.560. The number of rotatable bonds is 4. The summed E-state index contributed by atoms with van der Waals surface area (Å²) in [5.41, 5.74) is 1.62. The molecule has 0 saturated heterocycles. The van der Waals surface area contributed by atoms with Crippen LogP contribution in [-0.2, 0) is 6.61 Å². The van der Waals surface area contributed by atoms with E-state index in [1.165, 1.54) is 0 Å². The van der Waals surface area contributed by atoms with Crippen LogP contribution in [-0.4, -0.2) is 11.3 Å². The molecule has 0 bridgehead atoms. The van der Waals surface area contributed by atoms with Crippen LogP contribution >= 0.6 is 38.5 Å². The smallest absolute Gasteiger partial charge is 0.150 e. The predicted octanol–water partition coefficient (Wildman–Crippen LogP) is 3.84. The molecule has 0 saturated carbocycles. The molecule has 0 aliphatic rings. The van der Waals surface area contributed by atoms with Crippen LogP contribution in [0, 0.1) is 3.57 Å². The minimum atomic E-state index is 0.447. The van der Waals surface area contributed by atoms with E-state index in [1.807, 2.05) is 12.1 Å². The number of pyridine rings is 1.